The van der Waals surface area contributed by atoms with Crippen molar-refractivity contribution in [3.05, 3.63) is 53.0 Å². The topological polar surface area (TPSA) is 113 Å². The first-order valence-electron chi connectivity index (χ1n) is 7.61. The van der Waals surface area contributed by atoms with Gasteiger partial charge in [0, 0.05) is 11.1 Å². The Labute approximate surface area is 148 Å². The number of carbonyl (C=O) groups excluding carboxylic acids is 1. The molecule has 0 radical (unpaired) electrons. The van der Waals surface area contributed by atoms with Gasteiger partial charge in [-0.15, -0.1) is 16.4 Å². The Balaban J connectivity index is 1.70. The van der Waals surface area contributed by atoms with Crippen LogP contribution in [0.4, 0.5) is 0 Å². The second kappa shape index (κ2) is 8.01. The molecule has 3 aromatic heterocycles. The van der Waals surface area contributed by atoms with E-state index in [0.717, 1.165) is 4.88 Å². The Kier molecular flexibility index (Phi) is 5.54. The normalized spacial score (nSPS) is 11.9. The Hall–Kier alpha value is -2.56. The summed E-state index contributed by atoms with van der Waals surface area (Å²) < 4.78 is 1.48. The van der Waals surface area contributed by atoms with Crippen LogP contribution in [0.15, 0.2) is 48.1 Å². The number of hydrogen-bond donors (Lipinski definition) is 3. The third-order valence-corrected chi connectivity index (χ3v) is 4.41. The van der Waals surface area contributed by atoms with Gasteiger partial charge in [0.05, 0.1) is 30.8 Å². The number of nitrogens with zero attached hydrogens (tertiary/aromatic N) is 4. The van der Waals surface area contributed by atoms with E-state index >= 15 is 0 Å². The molecule has 1 amide bonds. The number of carbonyl (C=O) groups is 1. The first-order chi connectivity index (χ1) is 12.1. The van der Waals surface area contributed by atoms with Crippen molar-refractivity contribution in [3.8, 4) is 11.4 Å². The molecular formula is C15H16BN5O3S. The van der Waals surface area contributed by atoms with Gasteiger partial charge in [-0.1, -0.05) is 17.3 Å². The first-order valence-corrected chi connectivity index (χ1v) is 8.49. The summed E-state index contributed by atoms with van der Waals surface area (Å²) in [5.41, 5.74) is 1.28. The van der Waals surface area contributed by atoms with Crippen molar-refractivity contribution in [1.82, 2.24) is 25.3 Å². The van der Waals surface area contributed by atoms with Crippen LogP contribution < -0.4 is 5.32 Å². The van der Waals surface area contributed by atoms with Crippen LogP contribution in [0.25, 0.3) is 11.4 Å². The zero-order valence-corrected chi connectivity index (χ0v) is 14.0. The molecule has 3 aromatic rings. The standard InChI is InChI=1S/C15H16BN5O3S/c22-15(8-11-4-3-7-25-11)19-14(16(23)24)10-21-13(9-18-20-21)12-5-1-2-6-17-12/h1-7,9,14,23-24H,8,10H2,(H,19,22)/t14-/m0/s1. The largest absolute Gasteiger partial charge is 0.477 e. The molecule has 0 saturated heterocycles. The average Bonchev–Trinajstić information content (AvgIpc) is 3.26. The van der Waals surface area contributed by atoms with E-state index in [-0.39, 0.29) is 18.9 Å². The van der Waals surface area contributed by atoms with Crippen LogP contribution in [0.1, 0.15) is 4.88 Å². The maximum Gasteiger partial charge on any atom is 0.477 e. The lowest BCUT2D eigenvalue weighted by Gasteiger charge is -2.18. The van der Waals surface area contributed by atoms with Crippen molar-refractivity contribution in [1.29, 1.82) is 0 Å². The molecule has 1 atom stereocenters. The number of rotatable bonds is 7. The fourth-order valence-electron chi connectivity index (χ4n) is 2.34. The Morgan fingerprint density at radius 2 is 2.20 bits per heavy atom. The molecule has 3 heterocycles. The zero-order chi connectivity index (χ0) is 17.6. The molecule has 0 aromatic carbocycles. The molecule has 25 heavy (non-hydrogen) atoms. The van der Waals surface area contributed by atoms with Crippen LogP contribution in [0, 0.1) is 0 Å². The monoisotopic (exact) mass is 357 g/mol. The van der Waals surface area contributed by atoms with E-state index in [9.17, 15) is 14.8 Å². The fourth-order valence-corrected chi connectivity index (χ4v) is 3.04. The molecule has 0 unspecified atom stereocenters. The van der Waals surface area contributed by atoms with Gasteiger partial charge in [-0.05, 0) is 23.6 Å². The maximum absolute atomic E-state index is 12.1. The average molecular weight is 357 g/mol. The van der Waals surface area contributed by atoms with Gasteiger partial charge < -0.3 is 15.4 Å². The van der Waals surface area contributed by atoms with Gasteiger partial charge in [-0.25, -0.2) is 4.68 Å². The molecule has 0 fully saturated rings. The SMILES string of the molecule is O=C(Cc1cccs1)N[C@@H](Cn1nncc1-c1ccccn1)B(O)O. The zero-order valence-electron chi connectivity index (χ0n) is 13.2. The van der Waals surface area contributed by atoms with Gasteiger partial charge in [0.15, 0.2) is 0 Å². The quantitative estimate of drug-likeness (QED) is 0.519. The highest BCUT2D eigenvalue weighted by molar-refractivity contribution is 7.10. The van der Waals surface area contributed by atoms with E-state index in [1.165, 1.54) is 22.2 Å². The number of hydrogen-bond acceptors (Lipinski definition) is 7. The van der Waals surface area contributed by atoms with E-state index in [1.807, 2.05) is 23.6 Å². The fraction of sp³-hybridized carbons (Fsp3) is 0.200. The molecule has 0 aliphatic heterocycles. The summed E-state index contributed by atoms with van der Waals surface area (Å²) in [7, 11) is -1.73. The van der Waals surface area contributed by atoms with Crippen LogP contribution in [-0.2, 0) is 17.8 Å². The summed E-state index contributed by atoms with van der Waals surface area (Å²) in [5.74, 6) is -1.21. The van der Waals surface area contributed by atoms with Gasteiger partial charge in [-0.2, -0.15) is 0 Å². The number of aromatic nitrogens is 4. The third kappa shape index (κ3) is 4.50. The van der Waals surface area contributed by atoms with Crippen LogP contribution in [0.3, 0.4) is 0 Å². The summed E-state index contributed by atoms with van der Waals surface area (Å²) in [4.78, 5) is 17.3. The highest BCUT2D eigenvalue weighted by Crippen LogP contribution is 2.15. The number of thiophene rings is 1. The molecule has 3 N–H and O–H groups in total. The second-order valence-corrected chi connectivity index (χ2v) is 6.39. The van der Waals surface area contributed by atoms with E-state index < -0.39 is 13.1 Å². The molecular weight excluding hydrogens is 341 g/mol. The second-order valence-electron chi connectivity index (χ2n) is 5.36. The highest BCUT2D eigenvalue weighted by Gasteiger charge is 2.27. The molecule has 0 aliphatic rings. The lowest BCUT2D eigenvalue weighted by molar-refractivity contribution is -0.120. The number of amides is 1. The minimum atomic E-state index is -1.73. The van der Waals surface area contributed by atoms with Crippen molar-refractivity contribution in [2.75, 3.05) is 0 Å². The molecule has 3 rings (SSSR count). The van der Waals surface area contributed by atoms with Gasteiger partial charge >= 0.3 is 7.12 Å². The van der Waals surface area contributed by atoms with Gasteiger partial charge in [-0.3, -0.25) is 9.78 Å². The molecule has 8 nitrogen and oxygen atoms in total. The van der Waals surface area contributed by atoms with Crippen LogP contribution in [0.2, 0.25) is 0 Å². The van der Waals surface area contributed by atoms with E-state index in [0.29, 0.717) is 11.4 Å². The summed E-state index contributed by atoms with van der Waals surface area (Å²) in [6.07, 6.45) is 3.37. The van der Waals surface area contributed by atoms with Crippen molar-refractivity contribution < 1.29 is 14.8 Å². The van der Waals surface area contributed by atoms with Crippen LogP contribution in [-0.4, -0.2) is 49.0 Å². The molecule has 0 aliphatic carbocycles. The van der Waals surface area contributed by atoms with Gasteiger partial charge in [0.25, 0.3) is 0 Å². The maximum atomic E-state index is 12.1. The summed E-state index contributed by atoms with van der Waals surface area (Å²) in [6, 6.07) is 9.14. The summed E-state index contributed by atoms with van der Waals surface area (Å²) in [6.45, 7) is 0.0553. The van der Waals surface area contributed by atoms with Crippen molar-refractivity contribution in [3.63, 3.8) is 0 Å². The Morgan fingerprint density at radius 3 is 2.88 bits per heavy atom. The third-order valence-electron chi connectivity index (χ3n) is 3.54. The first kappa shape index (κ1) is 17.3. The van der Waals surface area contributed by atoms with Crippen molar-refractivity contribution in [2.45, 2.75) is 18.9 Å². The summed E-state index contributed by atoms with van der Waals surface area (Å²) in [5, 5.41) is 31.5. The summed E-state index contributed by atoms with van der Waals surface area (Å²) >= 11 is 1.47. The van der Waals surface area contributed by atoms with Crippen LogP contribution in [0.5, 0.6) is 0 Å². The van der Waals surface area contributed by atoms with Gasteiger partial charge in [0.1, 0.15) is 5.69 Å². The van der Waals surface area contributed by atoms with E-state index in [4.69, 9.17) is 0 Å². The highest BCUT2D eigenvalue weighted by atomic mass is 32.1. The molecule has 10 heteroatoms. The lowest BCUT2D eigenvalue weighted by Crippen LogP contribution is -2.49. The minimum absolute atomic E-state index is 0.0553. The Morgan fingerprint density at radius 1 is 1.32 bits per heavy atom. The van der Waals surface area contributed by atoms with Crippen molar-refractivity contribution >= 4 is 24.4 Å². The number of pyridine rings is 1. The molecule has 0 spiro atoms. The minimum Gasteiger partial charge on any atom is -0.426 e. The lowest BCUT2D eigenvalue weighted by atomic mass is 9.79. The Bertz CT molecular complexity index is 810. The molecule has 0 saturated carbocycles. The smallest absolute Gasteiger partial charge is 0.426 e. The molecule has 128 valence electrons. The van der Waals surface area contributed by atoms with Gasteiger partial charge in [0.2, 0.25) is 5.91 Å². The van der Waals surface area contributed by atoms with E-state index in [2.05, 4.69) is 20.6 Å². The number of nitrogens with one attached hydrogen (secondary N) is 1. The predicted octanol–water partition coefficient (Wildman–Crippen LogP) is 0.141. The van der Waals surface area contributed by atoms with Crippen LogP contribution >= 0.6 is 11.3 Å². The molecule has 0 bridgehead atoms. The van der Waals surface area contributed by atoms with Crippen molar-refractivity contribution in [2.24, 2.45) is 0 Å². The predicted molar refractivity (Wildman–Crippen MR) is 93.4 cm³/mol. The van der Waals surface area contributed by atoms with E-state index in [1.54, 1.807) is 18.3 Å².